The zero-order valence-corrected chi connectivity index (χ0v) is 20.7. The third-order valence-corrected chi connectivity index (χ3v) is 6.69. The standard InChI is InChI=1S/C28H31N5O2/c1-18-13-21(7-8-22(18)26(34)14-19-5-6-19)25-16-30-27-24(31-17-28(2,3)35-4)15-23(32-33(25)27)20-9-11-29-12-10-20/h7-13,15-16,19,31H,5-6,14,17H2,1-4H3. The Hall–Kier alpha value is -3.58. The second-order valence-electron chi connectivity index (χ2n) is 9.98. The summed E-state index contributed by atoms with van der Waals surface area (Å²) < 4.78 is 7.46. The van der Waals surface area contributed by atoms with E-state index in [1.54, 1.807) is 19.5 Å². The van der Waals surface area contributed by atoms with Crippen LogP contribution in [0.4, 0.5) is 5.69 Å². The predicted molar refractivity (Wildman–Crippen MR) is 138 cm³/mol. The number of ketones is 1. The average Bonchev–Trinajstić information content (AvgIpc) is 3.57. The minimum absolute atomic E-state index is 0.236. The van der Waals surface area contributed by atoms with Crippen LogP contribution in [-0.4, -0.2) is 44.6 Å². The Bertz CT molecular complexity index is 1370. The summed E-state index contributed by atoms with van der Waals surface area (Å²) in [6, 6.07) is 11.9. The Labute approximate surface area is 205 Å². The summed E-state index contributed by atoms with van der Waals surface area (Å²) in [5.74, 6) is 0.810. The van der Waals surface area contributed by atoms with Gasteiger partial charge in [0.1, 0.15) is 0 Å². The molecule has 0 atom stereocenters. The SMILES string of the molecule is COC(C)(C)CNc1cc(-c2ccncc2)nn2c(-c3ccc(C(=O)CC4CC4)c(C)c3)cnc12. The molecule has 3 aromatic heterocycles. The molecule has 180 valence electrons. The fourth-order valence-electron chi connectivity index (χ4n) is 4.17. The van der Waals surface area contributed by atoms with Crippen molar-refractivity contribution in [2.75, 3.05) is 19.0 Å². The second-order valence-corrected chi connectivity index (χ2v) is 9.98. The van der Waals surface area contributed by atoms with Gasteiger partial charge in [-0.1, -0.05) is 12.1 Å². The number of fused-ring (bicyclic) bond motifs is 1. The number of aromatic nitrogens is 4. The molecule has 0 unspecified atom stereocenters. The summed E-state index contributed by atoms with van der Waals surface area (Å²) >= 11 is 0. The molecule has 1 aliphatic carbocycles. The zero-order chi connectivity index (χ0) is 24.6. The van der Waals surface area contributed by atoms with Crippen LogP contribution in [0.1, 0.15) is 49.0 Å². The van der Waals surface area contributed by atoms with Gasteiger partial charge in [-0.15, -0.1) is 0 Å². The molecule has 0 spiro atoms. The van der Waals surface area contributed by atoms with Crippen molar-refractivity contribution >= 4 is 17.1 Å². The van der Waals surface area contributed by atoms with Gasteiger partial charge in [-0.25, -0.2) is 9.50 Å². The molecule has 1 aromatic carbocycles. The lowest BCUT2D eigenvalue weighted by molar-refractivity contribution is 0.0344. The number of methoxy groups -OCH3 is 1. The molecule has 0 saturated heterocycles. The molecule has 1 aliphatic rings. The van der Waals surface area contributed by atoms with Crippen molar-refractivity contribution in [3.05, 3.63) is 66.1 Å². The summed E-state index contributed by atoms with van der Waals surface area (Å²) in [4.78, 5) is 21.5. The summed E-state index contributed by atoms with van der Waals surface area (Å²) in [6.07, 6.45) is 8.36. The van der Waals surface area contributed by atoms with E-state index >= 15 is 0 Å². The van der Waals surface area contributed by atoms with E-state index in [9.17, 15) is 4.79 Å². The Morgan fingerprint density at radius 3 is 2.60 bits per heavy atom. The van der Waals surface area contributed by atoms with E-state index in [4.69, 9.17) is 14.8 Å². The van der Waals surface area contributed by atoms with E-state index < -0.39 is 0 Å². The fourth-order valence-corrected chi connectivity index (χ4v) is 4.17. The summed E-state index contributed by atoms with van der Waals surface area (Å²) in [5, 5.41) is 8.43. The van der Waals surface area contributed by atoms with Crippen LogP contribution in [0.2, 0.25) is 0 Å². The Morgan fingerprint density at radius 2 is 1.91 bits per heavy atom. The Balaban J connectivity index is 1.57. The van der Waals surface area contributed by atoms with Gasteiger partial charge in [0, 0.05) is 49.2 Å². The molecule has 0 bridgehead atoms. The quantitative estimate of drug-likeness (QED) is 0.322. The number of aryl methyl sites for hydroxylation is 1. The zero-order valence-electron chi connectivity index (χ0n) is 20.7. The molecule has 4 aromatic rings. The number of pyridine rings is 1. The number of benzene rings is 1. The van der Waals surface area contributed by atoms with E-state index in [-0.39, 0.29) is 11.4 Å². The number of rotatable bonds is 9. The number of Topliss-reactive ketones (excluding diaryl/α,β-unsaturated/α-hetero) is 1. The van der Waals surface area contributed by atoms with Crippen LogP contribution in [0.5, 0.6) is 0 Å². The monoisotopic (exact) mass is 469 g/mol. The first-order chi connectivity index (χ1) is 16.8. The minimum Gasteiger partial charge on any atom is -0.379 e. The van der Waals surface area contributed by atoms with E-state index in [1.165, 1.54) is 12.8 Å². The normalized spacial score (nSPS) is 13.8. The smallest absolute Gasteiger partial charge is 0.177 e. The molecule has 0 aliphatic heterocycles. The Morgan fingerprint density at radius 1 is 1.14 bits per heavy atom. The third kappa shape index (κ3) is 4.95. The van der Waals surface area contributed by atoms with Gasteiger partial charge >= 0.3 is 0 Å². The van der Waals surface area contributed by atoms with Crippen molar-refractivity contribution in [2.24, 2.45) is 5.92 Å². The minimum atomic E-state index is -0.341. The van der Waals surface area contributed by atoms with Crippen molar-refractivity contribution in [1.29, 1.82) is 0 Å². The van der Waals surface area contributed by atoms with Crippen LogP contribution >= 0.6 is 0 Å². The molecular weight excluding hydrogens is 438 g/mol. The van der Waals surface area contributed by atoms with Crippen LogP contribution in [0.25, 0.3) is 28.2 Å². The fraction of sp³-hybridized carbons (Fsp3) is 0.357. The molecule has 3 heterocycles. The van der Waals surface area contributed by atoms with Crippen molar-refractivity contribution in [3.8, 4) is 22.5 Å². The highest BCUT2D eigenvalue weighted by atomic mass is 16.5. The van der Waals surface area contributed by atoms with Gasteiger partial charge < -0.3 is 10.1 Å². The lowest BCUT2D eigenvalue weighted by Crippen LogP contribution is -2.32. The highest BCUT2D eigenvalue weighted by Gasteiger charge is 2.26. The average molecular weight is 470 g/mol. The lowest BCUT2D eigenvalue weighted by Gasteiger charge is -2.24. The number of hydrogen-bond donors (Lipinski definition) is 1. The van der Waals surface area contributed by atoms with Gasteiger partial charge in [0.05, 0.1) is 28.9 Å². The van der Waals surface area contributed by atoms with Gasteiger partial charge in [0.25, 0.3) is 0 Å². The molecule has 0 amide bonds. The number of nitrogens with zero attached hydrogens (tertiary/aromatic N) is 4. The van der Waals surface area contributed by atoms with Crippen LogP contribution in [0.3, 0.4) is 0 Å². The topological polar surface area (TPSA) is 81.4 Å². The van der Waals surface area contributed by atoms with Crippen molar-refractivity contribution in [2.45, 2.75) is 45.6 Å². The molecule has 5 rings (SSSR count). The van der Waals surface area contributed by atoms with Crippen LogP contribution in [0, 0.1) is 12.8 Å². The van der Waals surface area contributed by atoms with Crippen molar-refractivity contribution in [1.82, 2.24) is 19.6 Å². The van der Waals surface area contributed by atoms with Crippen LogP contribution in [0.15, 0.2) is 55.0 Å². The number of imidazole rings is 1. The highest BCUT2D eigenvalue weighted by Crippen LogP contribution is 2.34. The van der Waals surface area contributed by atoms with Crippen molar-refractivity contribution in [3.63, 3.8) is 0 Å². The summed E-state index contributed by atoms with van der Waals surface area (Å²) in [7, 11) is 1.71. The maximum atomic E-state index is 12.7. The number of hydrogen-bond acceptors (Lipinski definition) is 6. The maximum Gasteiger partial charge on any atom is 0.177 e. The van der Waals surface area contributed by atoms with E-state index in [0.29, 0.717) is 18.9 Å². The number of anilines is 1. The lowest BCUT2D eigenvalue weighted by atomic mass is 9.98. The van der Waals surface area contributed by atoms with Crippen molar-refractivity contribution < 1.29 is 9.53 Å². The first kappa shape index (κ1) is 23.2. The van der Waals surface area contributed by atoms with Gasteiger partial charge in [0.15, 0.2) is 11.4 Å². The van der Waals surface area contributed by atoms with E-state index in [1.807, 2.05) is 61.8 Å². The molecule has 1 N–H and O–H groups in total. The van der Waals surface area contributed by atoms with Crippen LogP contribution < -0.4 is 5.32 Å². The molecule has 0 radical (unpaired) electrons. The Kier molecular flexibility index (Phi) is 6.11. The summed E-state index contributed by atoms with van der Waals surface area (Å²) in [5.41, 5.74) is 6.67. The number of carbonyl (C=O) groups excluding carboxylic acids is 1. The van der Waals surface area contributed by atoms with Gasteiger partial charge in [0.2, 0.25) is 0 Å². The molecular formula is C28H31N5O2. The third-order valence-electron chi connectivity index (χ3n) is 6.69. The largest absolute Gasteiger partial charge is 0.379 e. The van der Waals surface area contributed by atoms with Gasteiger partial charge in [-0.05, 0) is 69.4 Å². The summed E-state index contributed by atoms with van der Waals surface area (Å²) in [6.45, 7) is 6.68. The van der Waals surface area contributed by atoms with Crippen LogP contribution in [-0.2, 0) is 4.74 Å². The molecule has 7 heteroatoms. The van der Waals surface area contributed by atoms with Gasteiger partial charge in [-0.2, -0.15) is 5.10 Å². The predicted octanol–water partition coefficient (Wildman–Crippen LogP) is 5.59. The van der Waals surface area contributed by atoms with E-state index in [0.717, 1.165) is 45.0 Å². The molecule has 1 fully saturated rings. The molecule has 7 nitrogen and oxygen atoms in total. The number of ether oxygens (including phenoxy) is 1. The number of nitrogens with one attached hydrogen (secondary N) is 1. The molecule has 35 heavy (non-hydrogen) atoms. The molecule has 1 saturated carbocycles. The van der Waals surface area contributed by atoms with Gasteiger partial charge in [-0.3, -0.25) is 9.78 Å². The first-order valence-corrected chi connectivity index (χ1v) is 12.1. The maximum absolute atomic E-state index is 12.7. The highest BCUT2D eigenvalue weighted by molar-refractivity contribution is 5.98. The first-order valence-electron chi connectivity index (χ1n) is 12.1. The number of carbonyl (C=O) groups is 1. The second kappa shape index (κ2) is 9.23. The van der Waals surface area contributed by atoms with E-state index in [2.05, 4.69) is 16.4 Å².